The summed E-state index contributed by atoms with van der Waals surface area (Å²) >= 11 is 0. The largest absolute Gasteiger partial charge is 0.311 e. The van der Waals surface area contributed by atoms with Gasteiger partial charge in [0.05, 0.1) is 27.9 Å². The standard InChI is InChI=1S/C66H74BN3/c1-61(2,3)39-19-27-45(28-20-39)68-53-33-25-43(65(13,14)15)37-49(53)67-50-38-44(66(16,17)18)26-34-54(50)69(46-29-21-40(22-30-46)62(4,5)6)60-56-48-36-42(64(10,11)12)24-32-52(48)70-51-31-23-41(63(7,8)9)35-47(51)55(58(56)70)59(68)57(60)67/h19-38H,1-18H3. The van der Waals surface area contributed by atoms with Crippen LogP contribution in [-0.2, 0) is 32.5 Å². The predicted octanol–water partition coefficient (Wildman–Crippen LogP) is 16.7. The topological polar surface area (TPSA) is 10.9 Å². The lowest BCUT2D eigenvalue weighted by atomic mass is 9.33. The van der Waals surface area contributed by atoms with E-state index in [9.17, 15) is 0 Å². The Bertz CT molecular complexity index is 3350. The summed E-state index contributed by atoms with van der Waals surface area (Å²) in [6.07, 6.45) is 0. The molecule has 9 aromatic rings. The lowest BCUT2D eigenvalue weighted by Gasteiger charge is -2.45. The van der Waals surface area contributed by atoms with Crippen LogP contribution < -0.4 is 26.2 Å². The first-order valence-electron chi connectivity index (χ1n) is 26.0. The molecule has 0 fully saturated rings. The van der Waals surface area contributed by atoms with Gasteiger partial charge in [0.15, 0.2) is 0 Å². The smallest absolute Gasteiger partial charge is 0.252 e. The molecular weight excluding hydrogens is 846 g/mol. The molecule has 0 atom stereocenters. The van der Waals surface area contributed by atoms with E-state index < -0.39 is 0 Å². The first-order chi connectivity index (χ1) is 32.5. The van der Waals surface area contributed by atoms with Crippen molar-refractivity contribution < 1.29 is 0 Å². The van der Waals surface area contributed by atoms with Gasteiger partial charge in [-0.25, -0.2) is 0 Å². The highest BCUT2D eigenvalue weighted by Crippen LogP contribution is 2.55. The van der Waals surface area contributed by atoms with Gasteiger partial charge in [0.2, 0.25) is 0 Å². The Morgan fingerprint density at radius 2 is 0.629 bits per heavy atom. The van der Waals surface area contributed by atoms with Crippen molar-refractivity contribution in [2.24, 2.45) is 0 Å². The molecule has 0 bridgehead atoms. The molecule has 3 nitrogen and oxygen atoms in total. The Hall–Kier alpha value is -6.00. The summed E-state index contributed by atoms with van der Waals surface area (Å²) in [5, 5.41) is 5.29. The molecule has 0 aliphatic carbocycles. The summed E-state index contributed by atoms with van der Waals surface area (Å²) < 4.78 is 2.64. The van der Waals surface area contributed by atoms with E-state index in [4.69, 9.17) is 0 Å². The summed E-state index contributed by atoms with van der Waals surface area (Å²) in [7, 11) is 0. The van der Waals surface area contributed by atoms with Crippen molar-refractivity contribution in [2.75, 3.05) is 9.80 Å². The van der Waals surface area contributed by atoms with Crippen LogP contribution in [0.15, 0.2) is 121 Å². The fourth-order valence-electron chi connectivity index (χ4n) is 11.8. The molecule has 7 aromatic carbocycles. The number of hydrogen-bond acceptors (Lipinski definition) is 2. The van der Waals surface area contributed by atoms with Gasteiger partial charge >= 0.3 is 0 Å². The third-order valence-corrected chi connectivity index (χ3v) is 16.0. The van der Waals surface area contributed by atoms with Gasteiger partial charge in [-0.15, -0.1) is 0 Å². The number of nitrogens with zero attached hydrogens (tertiary/aromatic N) is 3. The fraction of sp³-hybridized carbons (Fsp3) is 0.364. The van der Waals surface area contributed by atoms with E-state index in [1.807, 2.05) is 0 Å². The number of anilines is 6. The zero-order chi connectivity index (χ0) is 50.2. The second-order valence-corrected chi connectivity index (χ2v) is 27.3. The highest BCUT2D eigenvalue weighted by atomic mass is 15.2. The molecule has 4 heterocycles. The molecule has 0 spiro atoms. The van der Waals surface area contributed by atoms with Crippen molar-refractivity contribution in [1.82, 2.24) is 4.40 Å². The predicted molar refractivity (Wildman–Crippen MR) is 307 cm³/mol. The third kappa shape index (κ3) is 6.97. The van der Waals surface area contributed by atoms with Crippen molar-refractivity contribution in [2.45, 2.75) is 157 Å². The van der Waals surface area contributed by atoms with E-state index in [1.54, 1.807) is 0 Å². The number of rotatable bonds is 2. The molecule has 0 saturated carbocycles. The second-order valence-electron chi connectivity index (χ2n) is 27.3. The molecule has 2 aliphatic heterocycles. The fourth-order valence-corrected chi connectivity index (χ4v) is 11.8. The molecule has 2 aromatic heterocycles. The van der Waals surface area contributed by atoms with Crippen molar-refractivity contribution in [3.8, 4) is 0 Å². The van der Waals surface area contributed by atoms with Gasteiger partial charge in [0.1, 0.15) is 0 Å². The first kappa shape index (κ1) is 46.4. The summed E-state index contributed by atoms with van der Waals surface area (Å²) in [5.41, 5.74) is 23.3. The van der Waals surface area contributed by atoms with E-state index >= 15 is 0 Å². The van der Waals surface area contributed by atoms with E-state index in [2.05, 4.69) is 260 Å². The van der Waals surface area contributed by atoms with E-state index in [1.165, 1.54) is 122 Å². The van der Waals surface area contributed by atoms with Crippen LogP contribution in [0.2, 0.25) is 0 Å². The molecule has 70 heavy (non-hydrogen) atoms. The van der Waals surface area contributed by atoms with E-state index in [-0.39, 0.29) is 39.2 Å². The summed E-state index contributed by atoms with van der Waals surface area (Å²) in [6, 6.07) is 48.7. The minimum atomic E-state index is -0.0555. The van der Waals surface area contributed by atoms with Crippen LogP contribution in [-0.4, -0.2) is 11.1 Å². The number of aromatic nitrogens is 1. The monoisotopic (exact) mass is 920 g/mol. The van der Waals surface area contributed by atoms with Gasteiger partial charge in [-0.3, -0.25) is 0 Å². The molecular formula is C66H74BN3. The molecule has 2 aliphatic rings. The highest BCUT2D eigenvalue weighted by molar-refractivity contribution is 7.01. The van der Waals surface area contributed by atoms with Gasteiger partial charge in [0, 0.05) is 44.3 Å². The van der Waals surface area contributed by atoms with Gasteiger partial charge < -0.3 is 14.2 Å². The van der Waals surface area contributed by atoms with Crippen LogP contribution in [0, 0.1) is 0 Å². The molecule has 0 radical (unpaired) electrons. The Morgan fingerprint density at radius 1 is 0.329 bits per heavy atom. The molecule has 0 N–H and O–H groups in total. The van der Waals surface area contributed by atoms with Gasteiger partial charge in [-0.1, -0.05) is 185 Å². The minimum Gasteiger partial charge on any atom is -0.311 e. The molecule has 4 heteroatoms. The zero-order valence-electron chi connectivity index (χ0n) is 45.5. The maximum Gasteiger partial charge on any atom is 0.252 e. The molecule has 0 amide bonds. The number of fused-ring (bicyclic) bond motifs is 12. The lowest BCUT2D eigenvalue weighted by molar-refractivity contribution is 0.590. The van der Waals surface area contributed by atoms with Crippen LogP contribution >= 0.6 is 0 Å². The zero-order valence-corrected chi connectivity index (χ0v) is 45.5. The van der Waals surface area contributed by atoms with Gasteiger partial charge in [-0.05, 0) is 143 Å². The number of hydrogen-bond donors (Lipinski definition) is 0. The van der Waals surface area contributed by atoms with E-state index in [0.717, 1.165) is 0 Å². The maximum absolute atomic E-state index is 2.68. The highest BCUT2D eigenvalue weighted by Gasteiger charge is 2.47. The van der Waals surface area contributed by atoms with Crippen molar-refractivity contribution in [3.63, 3.8) is 0 Å². The Labute approximate surface area is 419 Å². The quantitative estimate of drug-likeness (QED) is 0.160. The Morgan fingerprint density at radius 3 is 0.957 bits per heavy atom. The van der Waals surface area contributed by atoms with Crippen molar-refractivity contribution in [3.05, 3.63) is 155 Å². The first-order valence-corrected chi connectivity index (χ1v) is 26.0. The second kappa shape index (κ2) is 14.8. The lowest BCUT2D eigenvalue weighted by Crippen LogP contribution is -2.61. The Kier molecular flexibility index (Phi) is 9.80. The molecule has 11 rings (SSSR count). The summed E-state index contributed by atoms with van der Waals surface area (Å²) in [5.74, 6) is 0. The molecule has 0 saturated heterocycles. The van der Waals surface area contributed by atoms with Crippen LogP contribution in [0.3, 0.4) is 0 Å². The van der Waals surface area contributed by atoms with Crippen LogP contribution in [0.25, 0.3) is 38.1 Å². The summed E-state index contributed by atoms with van der Waals surface area (Å²) in [4.78, 5) is 5.36. The van der Waals surface area contributed by atoms with Crippen LogP contribution in [0.5, 0.6) is 0 Å². The summed E-state index contributed by atoms with van der Waals surface area (Å²) in [6.45, 7) is 42.2. The van der Waals surface area contributed by atoms with Crippen LogP contribution in [0.4, 0.5) is 34.1 Å². The normalized spacial score (nSPS) is 14.6. The van der Waals surface area contributed by atoms with Crippen molar-refractivity contribution >= 4 is 95.3 Å². The average Bonchev–Trinajstić information content (AvgIpc) is 3.78. The van der Waals surface area contributed by atoms with E-state index in [0.29, 0.717) is 0 Å². The molecule has 356 valence electrons. The minimum absolute atomic E-state index is 0.0177. The third-order valence-electron chi connectivity index (χ3n) is 16.0. The maximum atomic E-state index is 2.68. The SMILES string of the molecule is CC(C)(C)c1ccc(N2c3ccc(C(C)(C)C)cc3B3c4cc(C(C)(C)C)ccc4N(c4ccc(C(C)(C)C)cc4)c4c3c2c2c3cc(C(C)(C)C)ccc3n3c5ccc(C(C)(C)C)cc5c4c23)cc1. The van der Waals surface area contributed by atoms with Gasteiger partial charge in [0.25, 0.3) is 6.71 Å². The van der Waals surface area contributed by atoms with Crippen molar-refractivity contribution in [1.29, 1.82) is 0 Å². The number of benzene rings is 7. The van der Waals surface area contributed by atoms with Gasteiger partial charge in [-0.2, -0.15) is 0 Å². The molecule has 0 unspecified atom stereocenters. The average molecular weight is 920 g/mol. The Balaban J connectivity index is 1.43. The van der Waals surface area contributed by atoms with Crippen LogP contribution in [0.1, 0.15) is 158 Å².